The number of halogens is 6. The number of carbonyl (C=O) groups is 2. The first-order valence-corrected chi connectivity index (χ1v) is 10.3. The molecule has 0 bridgehead atoms. The average Bonchev–Trinajstić information content (AvgIpc) is 3.61. The molecule has 196 valence electrons. The maximum absolute atomic E-state index is 13.0. The highest BCUT2D eigenvalue weighted by Crippen LogP contribution is 2.52. The van der Waals surface area contributed by atoms with Crippen LogP contribution in [-0.4, -0.2) is 42.0 Å². The van der Waals surface area contributed by atoms with Gasteiger partial charge in [-0.3, -0.25) is 4.79 Å². The van der Waals surface area contributed by atoms with Gasteiger partial charge in [0.15, 0.2) is 0 Å². The zero-order valence-corrected chi connectivity index (χ0v) is 18.5. The number of carboxylic acids is 1. The number of alkyl halides is 6. The van der Waals surface area contributed by atoms with Crippen LogP contribution in [0.1, 0.15) is 23.1 Å². The van der Waals surface area contributed by atoms with Crippen molar-refractivity contribution in [3.63, 3.8) is 0 Å². The maximum atomic E-state index is 13.0. The van der Waals surface area contributed by atoms with Crippen LogP contribution in [0.15, 0.2) is 64.8 Å². The van der Waals surface area contributed by atoms with Gasteiger partial charge in [-0.1, -0.05) is 54.6 Å². The van der Waals surface area contributed by atoms with Crippen molar-refractivity contribution < 1.29 is 45.8 Å². The Bertz CT molecular complexity index is 1040. The Morgan fingerprint density at radius 2 is 1.53 bits per heavy atom. The maximum Gasteiger partial charge on any atom is 0.490 e. The van der Waals surface area contributed by atoms with E-state index in [9.17, 15) is 31.1 Å². The molecule has 0 unspecified atom stereocenters. The summed E-state index contributed by atoms with van der Waals surface area (Å²) in [4.78, 5) is 20.9. The Kier molecular flexibility index (Phi) is 9.53. The molecule has 3 rings (SSSR count). The smallest absolute Gasteiger partial charge is 0.475 e. The Labute approximate surface area is 201 Å². The number of nitrogens with zero attached hydrogens (tertiary/aromatic N) is 2. The summed E-state index contributed by atoms with van der Waals surface area (Å²) in [5.74, 6) is -3.02. The van der Waals surface area contributed by atoms with E-state index >= 15 is 0 Å². The molecule has 0 aromatic heterocycles. The number of hydrogen-bond acceptors (Lipinski definition) is 6. The SMILES string of the molecule is N[C@@H](COCc1ccccc1)CC(=O)NCc1ccc(C2(C(F)(F)F)N=N2)cc1.O=C(O)C(F)(F)F. The van der Waals surface area contributed by atoms with Crippen molar-refractivity contribution in [2.24, 2.45) is 16.0 Å². The quantitative estimate of drug-likeness (QED) is 0.430. The van der Waals surface area contributed by atoms with Crippen LogP contribution in [-0.2, 0) is 33.1 Å². The predicted octanol–water partition coefficient (Wildman–Crippen LogP) is 4.05. The summed E-state index contributed by atoms with van der Waals surface area (Å²) in [5.41, 5.74) is 5.12. The third-order valence-corrected chi connectivity index (χ3v) is 4.68. The number of carbonyl (C=O) groups excluding carboxylic acids is 1. The largest absolute Gasteiger partial charge is 0.490 e. The molecule has 8 nitrogen and oxygen atoms in total. The fourth-order valence-corrected chi connectivity index (χ4v) is 2.77. The predicted molar refractivity (Wildman–Crippen MR) is 113 cm³/mol. The van der Waals surface area contributed by atoms with E-state index in [-0.39, 0.29) is 31.0 Å². The Morgan fingerprint density at radius 1 is 0.972 bits per heavy atom. The highest BCUT2D eigenvalue weighted by molar-refractivity contribution is 5.76. The summed E-state index contributed by atoms with van der Waals surface area (Å²) < 4.78 is 76.2. The molecule has 0 spiro atoms. The van der Waals surface area contributed by atoms with Crippen LogP contribution in [0.4, 0.5) is 26.3 Å². The van der Waals surface area contributed by atoms with Crippen LogP contribution in [0.5, 0.6) is 0 Å². The Hall–Kier alpha value is -3.52. The first kappa shape index (κ1) is 28.7. The molecule has 4 N–H and O–H groups in total. The topological polar surface area (TPSA) is 126 Å². The zero-order chi connectivity index (χ0) is 27.0. The second-order valence-corrected chi connectivity index (χ2v) is 7.61. The van der Waals surface area contributed by atoms with Crippen molar-refractivity contribution in [3.05, 3.63) is 71.3 Å². The van der Waals surface area contributed by atoms with Gasteiger partial charge < -0.3 is 20.9 Å². The lowest BCUT2D eigenvalue weighted by Crippen LogP contribution is -2.34. The summed E-state index contributed by atoms with van der Waals surface area (Å²) in [7, 11) is 0. The first-order valence-electron chi connectivity index (χ1n) is 10.3. The highest BCUT2D eigenvalue weighted by atomic mass is 19.4. The van der Waals surface area contributed by atoms with Crippen LogP contribution < -0.4 is 11.1 Å². The van der Waals surface area contributed by atoms with Crippen LogP contribution in [0.2, 0.25) is 0 Å². The minimum absolute atomic E-state index is 0.0438. The molecule has 0 radical (unpaired) electrons. The first-order chi connectivity index (χ1) is 16.7. The lowest BCUT2D eigenvalue weighted by Gasteiger charge is -2.15. The molecule has 0 saturated heterocycles. The molecule has 14 heteroatoms. The van der Waals surface area contributed by atoms with E-state index in [1.165, 1.54) is 24.3 Å². The number of nitrogens with two attached hydrogens (primary N) is 1. The summed E-state index contributed by atoms with van der Waals surface area (Å²) in [6, 6.07) is 14.8. The number of aliphatic carboxylic acids is 1. The fraction of sp³-hybridized carbons (Fsp3) is 0.364. The van der Waals surface area contributed by atoms with Crippen molar-refractivity contribution in [1.82, 2.24) is 5.32 Å². The van der Waals surface area contributed by atoms with Gasteiger partial charge in [0.05, 0.1) is 13.2 Å². The van der Waals surface area contributed by atoms with E-state index in [1.54, 1.807) is 0 Å². The number of nitrogens with one attached hydrogen (secondary N) is 1. The molecule has 1 atom stereocenters. The Balaban J connectivity index is 0.000000572. The van der Waals surface area contributed by atoms with Gasteiger partial charge >= 0.3 is 24.0 Å². The van der Waals surface area contributed by atoms with E-state index in [2.05, 4.69) is 15.5 Å². The van der Waals surface area contributed by atoms with Crippen LogP contribution in [0.25, 0.3) is 0 Å². The van der Waals surface area contributed by atoms with Crippen LogP contribution >= 0.6 is 0 Å². The molecule has 0 saturated carbocycles. The van der Waals surface area contributed by atoms with Gasteiger partial charge in [-0.2, -0.15) is 26.3 Å². The molecular weight excluding hydrogens is 498 g/mol. The molecule has 0 fully saturated rings. The minimum Gasteiger partial charge on any atom is -0.475 e. The lowest BCUT2D eigenvalue weighted by molar-refractivity contribution is -0.192. The zero-order valence-electron chi connectivity index (χ0n) is 18.5. The minimum atomic E-state index is -5.08. The second kappa shape index (κ2) is 11.9. The molecule has 2 aromatic carbocycles. The van der Waals surface area contributed by atoms with E-state index in [0.717, 1.165) is 5.56 Å². The van der Waals surface area contributed by atoms with Gasteiger partial charge in [0.25, 0.3) is 0 Å². The fourth-order valence-electron chi connectivity index (χ4n) is 2.77. The standard InChI is InChI=1S/C20H21F3N4O2.C2HF3O2/c21-20(22,23)19(26-27-19)16-8-6-14(7-9-16)11-25-18(28)10-17(24)13-29-12-15-4-2-1-3-5-15;3-2(4,5)1(6)7/h1-9,17H,10-13,24H2,(H,25,28);(H,6,7)/t17-;/m1./s1. The third-order valence-electron chi connectivity index (χ3n) is 4.68. The number of benzene rings is 2. The third kappa shape index (κ3) is 8.61. The van der Waals surface area contributed by atoms with Gasteiger partial charge in [0.1, 0.15) is 0 Å². The molecular formula is C22H22F6N4O4. The molecule has 1 amide bonds. The van der Waals surface area contributed by atoms with Crippen LogP contribution in [0, 0.1) is 0 Å². The van der Waals surface area contributed by atoms with Gasteiger partial charge in [0.2, 0.25) is 5.91 Å². The number of amides is 1. The second-order valence-electron chi connectivity index (χ2n) is 7.61. The molecule has 2 aromatic rings. The van der Waals surface area contributed by atoms with Gasteiger partial charge in [-0.15, -0.1) is 10.2 Å². The van der Waals surface area contributed by atoms with Crippen molar-refractivity contribution in [2.45, 2.75) is 43.6 Å². The highest BCUT2D eigenvalue weighted by Gasteiger charge is 2.65. The molecule has 1 heterocycles. The summed E-state index contributed by atoms with van der Waals surface area (Å²) in [6.45, 7) is 0.841. The summed E-state index contributed by atoms with van der Waals surface area (Å²) in [6.07, 6.45) is -9.55. The van der Waals surface area contributed by atoms with Crippen molar-refractivity contribution in [2.75, 3.05) is 6.61 Å². The van der Waals surface area contributed by atoms with Crippen molar-refractivity contribution in [3.8, 4) is 0 Å². The van der Waals surface area contributed by atoms with E-state index in [1.807, 2.05) is 30.3 Å². The van der Waals surface area contributed by atoms with Crippen molar-refractivity contribution >= 4 is 11.9 Å². The van der Waals surface area contributed by atoms with Gasteiger partial charge in [0, 0.05) is 24.6 Å². The number of hydrogen-bond donors (Lipinski definition) is 3. The lowest BCUT2D eigenvalue weighted by atomic mass is 10.0. The van der Waals surface area contributed by atoms with Crippen LogP contribution in [0.3, 0.4) is 0 Å². The van der Waals surface area contributed by atoms with E-state index in [0.29, 0.717) is 12.2 Å². The monoisotopic (exact) mass is 520 g/mol. The number of ether oxygens (including phenoxy) is 1. The molecule has 36 heavy (non-hydrogen) atoms. The number of carboxylic acid groups (broad SMARTS) is 1. The molecule has 0 aliphatic carbocycles. The number of rotatable bonds is 9. The van der Waals surface area contributed by atoms with Gasteiger partial charge in [-0.05, 0) is 11.1 Å². The summed E-state index contributed by atoms with van der Waals surface area (Å²) in [5, 5.41) is 16.1. The summed E-state index contributed by atoms with van der Waals surface area (Å²) >= 11 is 0. The van der Waals surface area contributed by atoms with Crippen molar-refractivity contribution in [1.29, 1.82) is 0 Å². The van der Waals surface area contributed by atoms with E-state index < -0.39 is 30.0 Å². The Morgan fingerprint density at radius 3 is 2.00 bits per heavy atom. The molecule has 1 aliphatic heterocycles. The van der Waals surface area contributed by atoms with E-state index in [4.69, 9.17) is 20.4 Å². The average molecular weight is 520 g/mol. The normalized spacial score (nSPS) is 14.9. The van der Waals surface area contributed by atoms with Gasteiger partial charge in [-0.25, -0.2) is 4.79 Å². The molecule has 1 aliphatic rings.